The van der Waals surface area contributed by atoms with E-state index in [4.69, 9.17) is 25.8 Å². The molecule has 6 nitrogen and oxygen atoms in total. The average Bonchev–Trinajstić information content (AvgIpc) is 2.55. The molecule has 0 aromatic carbocycles. The highest BCUT2D eigenvalue weighted by molar-refractivity contribution is 6.28. The van der Waals surface area contributed by atoms with Crippen molar-refractivity contribution in [2.24, 2.45) is 5.92 Å². The lowest BCUT2D eigenvalue weighted by Crippen LogP contribution is -2.21. The van der Waals surface area contributed by atoms with E-state index in [1.54, 1.807) is 6.92 Å². The molecule has 0 aliphatic carbocycles. The standard InChI is InChI=1S/C13H17ClN2O4.C2H6/c1-2-19-12(17)10-7-11(16-13(14)15-10)20-8-9-3-5-18-6-4-9;1-2/h7,9H,2-6,8H2,1H3;1-2H3. The number of halogens is 1. The first kappa shape index (κ1) is 18.6. The summed E-state index contributed by atoms with van der Waals surface area (Å²) < 4.78 is 15.8. The highest BCUT2D eigenvalue weighted by Crippen LogP contribution is 2.18. The lowest BCUT2D eigenvalue weighted by Gasteiger charge is -2.21. The van der Waals surface area contributed by atoms with Crippen molar-refractivity contribution < 1.29 is 19.0 Å². The molecule has 1 fully saturated rings. The maximum absolute atomic E-state index is 11.6. The van der Waals surface area contributed by atoms with E-state index < -0.39 is 5.97 Å². The summed E-state index contributed by atoms with van der Waals surface area (Å²) in [7, 11) is 0. The summed E-state index contributed by atoms with van der Waals surface area (Å²) in [6, 6.07) is 1.45. The first-order valence-electron chi connectivity index (χ1n) is 7.61. The monoisotopic (exact) mass is 330 g/mol. The van der Waals surface area contributed by atoms with Gasteiger partial charge < -0.3 is 14.2 Å². The fourth-order valence-corrected chi connectivity index (χ4v) is 2.07. The highest BCUT2D eigenvalue weighted by atomic mass is 35.5. The number of hydrogen-bond donors (Lipinski definition) is 0. The van der Waals surface area contributed by atoms with Crippen molar-refractivity contribution in [3.8, 4) is 5.88 Å². The molecule has 0 saturated carbocycles. The predicted molar refractivity (Wildman–Crippen MR) is 83.4 cm³/mol. The second-order valence-corrected chi connectivity index (χ2v) is 4.79. The van der Waals surface area contributed by atoms with E-state index in [1.807, 2.05) is 13.8 Å². The van der Waals surface area contributed by atoms with Crippen LogP contribution in [0.25, 0.3) is 0 Å². The number of rotatable bonds is 5. The van der Waals surface area contributed by atoms with Gasteiger partial charge in [-0.2, -0.15) is 4.98 Å². The van der Waals surface area contributed by atoms with Gasteiger partial charge in [-0.15, -0.1) is 0 Å². The zero-order valence-electron chi connectivity index (χ0n) is 13.3. The first-order chi connectivity index (χ1) is 10.7. The molecule has 1 aromatic heterocycles. The van der Waals surface area contributed by atoms with Crippen LogP contribution in [0.2, 0.25) is 5.28 Å². The number of carbonyl (C=O) groups is 1. The van der Waals surface area contributed by atoms with Gasteiger partial charge in [0.05, 0.1) is 13.2 Å². The van der Waals surface area contributed by atoms with Gasteiger partial charge in [-0.25, -0.2) is 9.78 Å². The summed E-state index contributed by atoms with van der Waals surface area (Å²) in [6.45, 7) is 8.04. The normalized spacial score (nSPS) is 14.7. The molecule has 0 bridgehead atoms. The van der Waals surface area contributed by atoms with Crippen molar-refractivity contribution in [3.63, 3.8) is 0 Å². The van der Waals surface area contributed by atoms with Crippen LogP contribution in [0.3, 0.4) is 0 Å². The molecule has 1 aliphatic rings. The van der Waals surface area contributed by atoms with Crippen LogP contribution < -0.4 is 4.74 Å². The molecule has 0 radical (unpaired) electrons. The van der Waals surface area contributed by atoms with Crippen molar-refractivity contribution in [1.29, 1.82) is 0 Å². The zero-order chi connectivity index (χ0) is 16.4. The molecule has 0 atom stereocenters. The van der Waals surface area contributed by atoms with Crippen LogP contribution in [-0.4, -0.2) is 42.4 Å². The van der Waals surface area contributed by atoms with Gasteiger partial charge in [-0.05, 0) is 37.3 Å². The van der Waals surface area contributed by atoms with Crippen LogP contribution in [0.4, 0.5) is 0 Å². The summed E-state index contributed by atoms with van der Waals surface area (Å²) in [6.07, 6.45) is 1.92. The fraction of sp³-hybridized carbons (Fsp3) is 0.667. The zero-order valence-corrected chi connectivity index (χ0v) is 14.1. The Kier molecular flexibility index (Phi) is 8.77. The Balaban J connectivity index is 0.00000116. The molecule has 0 amide bonds. The van der Waals surface area contributed by atoms with Gasteiger partial charge in [0.1, 0.15) is 0 Å². The van der Waals surface area contributed by atoms with Crippen molar-refractivity contribution in [3.05, 3.63) is 17.0 Å². The maximum atomic E-state index is 11.6. The lowest BCUT2D eigenvalue weighted by molar-refractivity contribution is 0.0486. The third-order valence-corrected chi connectivity index (χ3v) is 3.14. The van der Waals surface area contributed by atoms with Crippen molar-refractivity contribution in [2.45, 2.75) is 33.6 Å². The molecule has 0 spiro atoms. The Morgan fingerprint density at radius 1 is 1.36 bits per heavy atom. The highest BCUT2D eigenvalue weighted by Gasteiger charge is 2.17. The summed E-state index contributed by atoms with van der Waals surface area (Å²) in [5, 5.41) is -0.0301. The Morgan fingerprint density at radius 2 is 2.05 bits per heavy atom. The number of hydrogen-bond acceptors (Lipinski definition) is 6. The van der Waals surface area contributed by atoms with E-state index in [9.17, 15) is 4.79 Å². The molecule has 1 aliphatic heterocycles. The molecular formula is C15H23ClN2O4. The molecular weight excluding hydrogens is 308 g/mol. The summed E-state index contributed by atoms with van der Waals surface area (Å²) in [5.41, 5.74) is 0.105. The minimum Gasteiger partial charge on any atom is -0.477 e. The Morgan fingerprint density at radius 3 is 2.68 bits per heavy atom. The number of esters is 1. The minimum atomic E-state index is -0.535. The minimum absolute atomic E-state index is 0.0301. The van der Waals surface area contributed by atoms with Gasteiger partial charge in [0.15, 0.2) is 5.69 Å². The first-order valence-corrected chi connectivity index (χ1v) is 7.99. The third-order valence-electron chi connectivity index (χ3n) is 2.97. The second-order valence-electron chi connectivity index (χ2n) is 4.45. The van der Waals surface area contributed by atoms with Crippen molar-refractivity contribution >= 4 is 17.6 Å². The van der Waals surface area contributed by atoms with Crippen LogP contribution in [0.1, 0.15) is 44.1 Å². The van der Waals surface area contributed by atoms with Crippen LogP contribution in [0.5, 0.6) is 5.88 Å². The van der Waals surface area contributed by atoms with E-state index in [0.717, 1.165) is 26.1 Å². The van der Waals surface area contributed by atoms with Crippen LogP contribution in [0, 0.1) is 5.92 Å². The van der Waals surface area contributed by atoms with Crippen molar-refractivity contribution in [1.82, 2.24) is 9.97 Å². The topological polar surface area (TPSA) is 70.5 Å². The van der Waals surface area contributed by atoms with Crippen molar-refractivity contribution in [2.75, 3.05) is 26.4 Å². The summed E-state index contributed by atoms with van der Waals surface area (Å²) in [5.74, 6) is 0.191. The third kappa shape index (κ3) is 6.15. The number of carbonyl (C=O) groups excluding carboxylic acids is 1. The molecule has 1 saturated heterocycles. The number of aromatic nitrogens is 2. The number of nitrogens with zero attached hydrogens (tertiary/aromatic N) is 2. The van der Waals surface area contributed by atoms with Gasteiger partial charge in [-0.1, -0.05) is 13.8 Å². The Labute approximate surface area is 136 Å². The fourth-order valence-electron chi connectivity index (χ4n) is 1.90. The van der Waals surface area contributed by atoms with E-state index in [1.165, 1.54) is 6.07 Å². The van der Waals surface area contributed by atoms with Gasteiger partial charge in [-0.3, -0.25) is 0 Å². The van der Waals surface area contributed by atoms with E-state index in [2.05, 4.69) is 9.97 Å². The average molecular weight is 331 g/mol. The van der Waals surface area contributed by atoms with Crippen LogP contribution in [-0.2, 0) is 9.47 Å². The molecule has 7 heteroatoms. The Bertz CT molecular complexity index is 465. The van der Waals surface area contributed by atoms with Gasteiger partial charge in [0.25, 0.3) is 0 Å². The molecule has 124 valence electrons. The molecule has 2 heterocycles. The predicted octanol–water partition coefficient (Wildman–Crippen LogP) is 3.14. The van der Waals surface area contributed by atoms with Gasteiger partial charge in [0.2, 0.25) is 11.2 Å². The van der Waals surface area contributed by atoms with Gasteiger partial charge in [0, 0.05) is 19.3 Å². The molecule has 22 heavy (non-hydrogen) atoms. The second kappa shape index (κ2) is 10.3. The summed E-state index contributed by atoms with van der Waals surface area (Å²) in [4.78, 5) is 19.4. The SMILES string of the molecule is CC.CCOC(=O)c1cc(OCC2CCOCC2)nc(Cl)n1. The smallest absolute Gasteiger partial charge is 0.357 e. The Hall–Kier alpha value is -1.40. The van der Waals surface area contributed by atoms with E-state index in [0.29, 0.717) is 18.4 Å². The molecule has 0 unspecified atom stereocenters. The van der Waals surface area contributed by atoms with Gasteiger partial charge >= 0.3 is 5.97 Å². The van der Waals surface area contributed by atoms with E-state index >= 15 is 0 Å². The molecule has 1 aromatic rings. The molecule has 2 rings (SSSR count). The number of ether oxygens (including phenoxy) is 3. The maximum Gasteiger partial charge on any atom is 0.357 e. The van der Waals surface area contributed by atoms with Crippen LogP contribution >= 0.6 is 11.6 Å². The largest absolute Gasteiger partial charge is 0.477 e. The van der Waals surface area contributed by atoms with E-state index in [-0.39, 0.29) is 17.6 Å². The quantitative estimate of drug-likeness (QED) is 0.610. The van der Waals surface area contributed by atoms with Crippen LogP contribution in [0.15, 0.2) is 6.07 Å². The molecule has 0 N–H and O–H groups in total. The summed E-state index contributed by atoms with van der Waals surface area (Å²) >= 11 is 5.79. The lowest BCUT2D eigenvalue weighted by atomic mass is 10.0.